The van der Waals surface area contributed by atoms with Crippen molar-refractivity contribution in [1.82, 2.24) is 19.5 Å². The minimum Gasteiger partial charge on any atom is -0.456 e. The Balaban J connectivity index is 0.892. The lowest BCUT2D eigenvalue weighted by Crippen LogP contribution is -2.26. The van der Waals surface area contributed by atoms with Crippen molar-refractivity contribution in [3.63, 3.8) is 0 Å². The maximum Gasteiger partial charge on any atom is 0.164 e. The van der Waals surface area contributed by atoms with Crippen molar-refractivity contribution >= 4 is 43.7 Å². The van der Waals surface area contributed by atoms with Gasteiger partial charge in [-0.2, -0.15) is 0 Å². The lowest BCUT2D eigenvalue weighted by molar-refractivity contribution is 0.669. The zero-order valence-electron chi connectivity index (χ0n) is 37.1. The molecule has 0 atom stereocenters. The van der Waals surface area contributed by atoms with Gasteiger partial charge in [0.25, 0.3) is 0 Å². The number of fused-ring (bicyclic) bond motifs is 16. The topological polar surface area (TPSA) is 56.7 Å². The average molecular weight is 879 g/mol. The van der Waals surface area contributed by atoms with E-state index in [4.69, 9.17) is 19.4 Å². The van der Waals surface area contributed by atoms with E-state index < -0.39 is 5.41 Å². The van der Waals surface area contributed by atoms with Gasteiger partial charge in [-0.1, -0.05) is 182 Å². The maximum absolute atomic E-state index is 6.57. The van der Waals surface area contributed by atoms with Gasteiger partial charge in [0.15, 0.2) is 17.5 Å². The van der Waals surface area contributed by atoms with Crippen molar-refractivity contribution in [2.24, 2.45) is 0 Å². The fourth-order valence-electron chi connectivity index (χ4n) is 11.8. The number of furan rings is 1. The molecule has 5 heteroatoms. The van der Waals surface area contributed by atoms with Crippen LogP contribution in [0.4, 0.5) is 0 Å². The fraction of sp³-hybridized carbons (Fsp3) is 0.0156. The number of hydrogen-bond donors (Lipinski definition) is 0. The molecule has 10 aromatic carbocycles. The third-order valence-corrected chi connectivity index (χ3v) is 14.7. The van der Waals surface area contributed by atoms with Crippen LogP contribution < -0.4 is 0 Å². The third kappa shape index (κ3) is 5.38. The second-order valence-corrected chi connectivity index (χ2v) is 18.2. The van der Waals surface area contributed by atoms with Gasteiger partial charge in [0.1, 0.15) is 11.2 Å². The minimum atomic E-state index is -0.422. The molecule has 0 N–H and O–H groups in total. The summed E-state index contributed by atoms with van der Waals surface area (Å²) in [4.78, 5) is 15.2. The number of benzene rings is 10. The molecule has 0 amide bonds. The van der Waals surface area contributed by atoms with Crippen LogP contribution in [0.5, 0.6) is 0 Å². The van der Waals surface area contributed by atoms with E-state index in [9.17, 15) is 0 Å². The molecule has 13 aromatic rings. The molecule has 3 heterocycles. The summed E-state index contributed by atoms with van der Waals surface area (Å²) >= 11 is 0. The lowest BCUT2D eigenvalue weighted by atomic mass is 9.70. The van der Waals surface area contributed by atoms with Crippen molar-refractivity contribution < 1.29 is 4.42 Å². The van der Waals surface area contributed by atoms with Crippen LogP contribution >= 0.6 is 0 Å². The monoisotopic (exact) mass is 878 g/mol. The molecule has 2 aliphatic carbocycles. The second-order valence-electron chi connectivity index (χ2n) is 18.2. The van der Waals surface area contributed by atoms with E-state index in [0.717, 1.165) is 61.0 Å². The predicted molar refractivity (Wildman–Crippen MR) is 279 cm³/mol. The van der Waals surface area contributed by atoms with Crippen molar-refractivity contribution in [1.29, 1.82) is 0 Å². The molecule has 3 aromatic heterocycles. The number of hydrogen-bond acceptors (Lipinski definition) is 4. The van der Waals surface area contributed by atoms with Crippen LogP contribution in [-0.4, -0.2) is 19.5 Å². The molecule has 0 aliphatic heterocycles. The Bertz CT molecular complexity index is 4140. The summed E-state index contributed by atoms with van der Waals surface area (Å²) in [5.41, 5.74) is 20.2. The second kappa shape index (κ2) is 14.4. The largest absolute Gasteiger partial charge is 0.456 e. The molecule has 0 radical (unpaired) electrons. The van der Waals surface area contributed by atoms with Crippen molar-refractivity contribution in [3.8, 4) is 73.2 Å². The quantitative estimate of drug-likeness (QED) is 0.173. The van der Waals surface area contributed by atoms with Gasteiger partial charge in [0.2, 0.25) is 0 Å². The van der Waals surface area contributed by atoms with Crippen LogP contribution in [0.25, 0.3) is 117 Å². The Labute approximate surface area is 397 Å². The highest BCUT2D eigenvalue weighted by Gasteiger charge is 2.51. The molecule has 5 nitrogen and oxygen atoms in total. The molecule has 0 saturated carbocycles. The van der Waals surface area contributed by atoms with Gasteiger partial charge in [0, 0.05) is 43.9 Å². The predicted octanol–water partition coefficient (Wildman–Crippen LogP) is 15.9. The van der Waals surface area contributed by atoms with Gasteiger partial charge in [-0.15, -0.1) is 0 Å². The van der Waals surface area contributed by atoms with Crippen LogP contribution in [0.2, 0.25) is 0 Å². The van der Waals surface area contributed by atoms with E-state index >= 15 is 0 Å². The minimum absolute atomic E-state index is 0.422. The zero-order chi connectivity index (χ0) is 45.2. The number of nitrogens with zero attached hydrogens (tertiary/aromatic N) is 4. The summed E-state index contributed by atoms with van der Waals surface area (Å²) < 4.78 is 9.02. The van der Waals surface area contributed by atoms with Crippen LogP contribution in [-0.2, 0) is 5.41 Å². The first kappa shape index (κ1) is 38.0. The highest BCUT2D eigenvalue weighted by Crippen LogP contribution is 2.63. The summed E-state index contributed by atoms with van der Waals surface area (Å²) in [6.07, 6.45) is 0. The van der Waals surface area contributed by atoms with Crippen LogP contribution in [0.3, 0.4) is 0 Å². The molecular weight excluding hydrogens is 841 g/mol. The molecule has 0 bridgehead atoms. The molecule has 69 heavy (non-hydrogen) atoms. The van der Waals surface area contributed by atoms with Crippen molar-refractivity contribution in [2.45, 2.75) is 5.41 Å². The van der Waals surface area contributed by atoms with Gasteiger partial charge in [-0.3, -0.25) is 0 Å². The van der Waals surface area contributed by atoms with Crippen LogP contribution in [0, 0.1) is 0 Å². The van der Waals surface area contributed by atoms with Gasteiger partial charge in [-0.05, 0) is 104 Å². The summed E-state index contributed by atoms with van der Waals surface area (Å²) in [5.74, 6) is 1.84. The Kier molecular flexibility index (Phi) is 7.93. The van der Waals surface area contributed by atoms with E-state index in [0.29, 0.717) is 17.5 Å². The molecule has 0 unspecified atom stereocenters. The van der Waals surface area contributed by atoms with E-state index in [-0.39, 0.29) is 0 Å². The molecule has 0 saturated heterocycles. The number of rotatable bonds is 5. The first-order valence-corrected chi connectivity index (χ1v) is 23.5. The molecule has 2 aliphatic rings. The highest BCUT2D eigenvalue weighted by atomic mass is 16.3. The Hall–Kier alpha value is -9.19. The summed E-state index contributed by atoms with van der Waals surface area (Å²) in [7, 11) is 0. The third-order valence-electron chi connectivity index (χ3n) is 14.7. The lowest BCUT2D eigenvalue weighted by Gasteiger charge is -2.30. The Morgan fingerprint density at radius 2 is 0.841 bits per heavy atom. The average Bonchev–Trinajstić information content (AvgIpc) is 4.14. The van der Waals surface area contributed by atoms with Crippen molar-refractivity contribution in [3.05, 3.63) is 253 Å². The van der Waals surface area contributed by atoms with Gasteiger partial charge < -0.3 is 8.98 Å². The maximum atomic E-state index is 6.57. The van der Waals surface area contributed by atoms with Crippen LogP contribution in [0.1, 0.15) is 22.3 Å². The fourth-order valence-corrected chi connectivity index (χ4v) is 11.8. The van der Waals surface area contributed by atoms with E-state index in [1.165, 1.54) is 60.8 Å². The summed E-state index contributed by atoms with van der Waals surface area (Å²) in [6, 6.07) is 82.8. The first-order valence-electron chi connectivity index (χ1n) is 23.5. The van der Waals surface area contributed by atoms with Crippen LogP contribution in [0.15, 0.2) is 235 Å². The molecule has 0 fully saturated rings. The van der Waals surface area contributed by atoms with Crippen molar-refractivity contribution in [2.75, 3.05) is 0 Å². The molecular formula is C64H38N4O. The molecule has 320 valence electrons. The Morgan fingerprint density at radius 3 is 1.51 bits per heavy atom. The normalized spacial score (nSPS) is 13.0. The Morgan fingerprint density at radius 1 is 0.319 bits per heavy atom. The summed E-state index contributed by atoms with van der Waals surface area (Å²) in [6.45, 7) is 0. The van der Waals surface area contributed by atoms with Gasteiger partial charge in [0.05, 0.1) is 16.4 Å². The standard InChI is InChI=1S/C64H38N4O/c1-3-16-39(17-4-1)61-65-62(40-18-5-2-6-19-40)67-63(66-61)49-24-15-29-59-60(49)51-37-42(31-35-58(51)69-59)41-30-34-57-50(36-41)48-23-10-14-28-56(48)68(57)43-32-33-47-46-22-9-13-27-54(46)64(55(47)38-43)52-25-11-7-20-44(52)45-21-8-12-26-53(45)64/h1-38H. The van der Waals surface area contributed by atoms with E-state index in [2.05, 4.69) is 162 Å². The first-order chi connectivity index (χ1) is 34.2. The molecule has 1 spiro atoms. The number of para-hydroxylation sites is 1. The highest BCUT2D eigenvalue weighted by molar-refractivity contribution is 6.14. The SMILES string of the molecule is c1ccc(-c2nc(-c3ccccc3)nc(-c3cccc4oc5ccc(-c6ccc7c(c6)c6ccccc6n7-c6ccc7c(c6)C6(c8ccccc8-c8ccccc86)c6ccccc6-7)cc5c34)n2)cc1. The van der Waals surface area contributed by atoms with E-state index in [1.54, 1.807) is 0 Å². The van der Waals surface area contributed by atoms with Gasteiger partial charge in [-0.25, -0.2) is 15.0 Å². The number of aromatic nitrogens is 4. The van der Waals surface area contributed by atoms with E-state index in [1.807, 2.05) is 72.8 Å². The van der Waals surface area contributed by atoms with Gasteiger partial charge >= 0.3 is 0 Å². The summed E-state index contributed by atoms with van der Waals surface area (Å²) in [5, 5.41) is 4.38. The zero-order valence-corrected chi connectivity index (χ0v) is 37.1. The molecule has 15 rings (SSSR count). The smallest absolute Gasteiger partial charge is 0.164 e.